The fraction of sp³-hybridized carbons (Fsp3) is 0.929. The molecule has 124 valence electrons. The predicted octanol–water partition coefficient (Wildman–Crippen LogP) is -1.50. The molecule has 0 aromatic carbocycles. The molecule has 0 spiro atoms. The highest BCUT2D eigenvalue weighted by Crippen LogP contribution is 2.19. The van der Waals surface area contributed by atoms with Crippen molar-refractivity contribution in [2.45, 2.75) is 56.8 Å². The molecule has 0 bridgehead atoms. The van der Waals surface area contributed by atoms with E-state index >= 15 is 0 Å². The molecule has 0 aromatic rings. The maximum absolute atomic E-state index is 8.97. The van der Waals surface area contributed by atoms with Crippen LogP contribution in [0.25, 0.3) is 0 Å². The third-order valence-electron chi connectivity index (χ3n) is 4.75. The molecule has 0 amide bonds. The summed E-state index contributed by atoms with van der Waals surface area (Å²) >= 11 is 0. The molecule has 6 unspecified atom stereocenters. The Hall–Kier alpha value is -0.790. The largest absolute Gasteiger partial charge is 0.312 e. The normalized spacial score (nSPS) is 42.9. The van der Waals surface area contributed by atoms with Crippen LogP contribution in [0.4, 0.5) is 0 Å². The van der Waals surface area contributed by atoms with Crippen LogP contribution < -0.4 is 32.1 Å². The van der Waals surface area contributed by atoms with Gasteiger partial charge in [0.1, 0.15) is 6.23 Å². The maximum atomic E-state index is 8.97. The Labute approximate surface area is 131 Å². The van der Waals surface area contributed by atoms with Gasteiger partial charge >= 0.3 is 0 Å². The number of nitrogens with one attached hydrogen (secondary N) is 6. The molecule has 0 radical (unpaired) electrons. The quantitative estimate of drug-likeness (QED) is 0.373. The highest BCUT2D eigenvalue weighted by Gasteiger charge is 2.32. The molecule has 3 heterocycles. The molecule has 3 aliphatic heterocycles. The molecule has 0 aliphatic carbocycles. The number of hydrogen-bond donors (Lipinski definition) is 6. The summed E-state index contributed by atoms with van der Waals surface area (Å²) in [6.45, 7) is 4.62. The van der Waals surface area contributed by atoms with Crippen molar-refractivity contribution >= 4 is 0 Å². The highest BCUT2D eigenvalue weighted by molar-refractivity contribution is 4.95. The van der Waals surface area contributed by atoms with Crippen molar-refractivity contribution in [2.24, 2.45) is 5.92 Å². The zero-order chi connectivity index (χ0) is 15.4. The fourth-order valence-electron chi connectivity index (χ4n) is 3.37. The van der Waals surface area contributed by atoms with Crippen LogP contribution in [-0.2, 0) is 4.84 Å². The third-order valence-corrected chi connectivity index (χ3v) is 4.75. The molecule has 6 atom stereocenters. The van der Waals surface area contributed by atoms with Crippen LogP contribution in [-0.4, -0.2) is 50.4 Å². The van der Waals surface area contributed by atoms with Crippen molar-refractivity contribution in [1.82, 2.24) is 32.1 Å². The summed E-state index contributed by atoms with van der Waals surface area (Å²) in [4.78, 5) is 5.35. The summed E-state index contributed by atoms with van der Waals surface area (Å²) in [5.74, 6) is 0.557. The monoisotopic (exact) mass is 309 g/mol. The van der Waals surface area contributed by atoms with Gasteiger partial charge in [0.2, 0.25) is 0 Å². The molecule has 0 saturated carbocycles. The number of nitrogens with zero attached hydrogens (tertiary/aromatic N) is 1. The topological polar surface area (TPSA) is 105 Å². The zero-order valence-electron chi connectivity index (χ0n) is 13.1. The third kappa shape index (κ3) is 4.14. The molecule has 22 heavy (non-hydrogen) atoms. The lowest BCUT2D eigenvalue weighted by Crippen LogP contribution is -2.58. The van der Waals surface area contributed by atoms with Crippen molar-refractivity contribution in [3.63, 3.8) is 0 Å². The number of piperidine rings is 1. The van der Waals surface area contributed by atoms with E-state index in [0.717, 1.165) is 25.9 Å². The average molecular weight is 309 g/mol. The highest BCUT2D eigenvalue weighted by atomic mass is 16.7. The van der Waals surface area contributed by atoms with Crippen LogP contribution in [0.3, 0.4) is 0 Å². The predicted molar refractivity (Wildman–Crippen MR) is 82.1 cm³/mol. The van der Waals surface area contributed by atoms with Crippen LogP contribution in [0.15, 0.2) is 0 Å². The standard InChI is InChI=1S/C14H27N7O/c1-9-20-14(21-22-9)10-2-3-11(16-6-10)7-17-13-4-12(5-15)18-8-19-13/h9-14,16-21H,2-4,6-8H2,1H3. The molecule has 3 saturated heterocycles. The number of hydrogen-bond acceptors (Lipinski definition) is 8. The van der Waals surface area contributed by atoms with Gasteiger partial charge in [0.25, 0.3) is 0 Å². The van der Waals surface area contributed by atoms with Gasteiger partial charge in [-0.3, -0.25) is 20.8 Å². The maximum Gasteiger partial charge on any atom is 0.128 e. The molecule has 3 fully saturated rings. The number of rotatable bonds is 4. The van der Waals surface area contributed by atoms with E-state index in [1.54, 1.807) is 0 Å². The Kier molecular flexibility index (Phi) is 5.60. The molecule has 8 heteroatoms. The van der Waals surface area contributed by atoms with Crippen LogP contribution in [0.2, 0.25) is 0 Å². The molecule has 8 nitrogen and oxygen atoms in total. The van der Waals surface area contributed by atoms with Crippen molar-refractivity contribution in [1.29, 1.82) is 5.26 Å². The first-order valence-corrected chi connectivity index (χ1v) is 8.25. The SMILES string of the molecule is CC1NC(C2CCC(CNC3CC(C#N)NCN3)NC2)NO1. The van der Waals surface area contributed by atoms with Gasteiger partial charge in [-0.2, -0.15) is 10.7 Å². The summed E-state index contributed by atoms with van der Waals surface area (Å²) in [6.07, 6.45) is 3.69. The lowest BCUT2D eigenvalue weighted by molar-refractivity contribution is 0.0262. The van der Waals surface area contributed by atoms with Crippen molar-refractivity contribution in [3.05, 3.63) is 0 Å². The van der Waals surface area contributed by atoms with Crippen molar-refractivity contribution < 1.29 is 4.84 Å². The van der Waals surface area contributed by atoms with E-state index in [-0.39, 0.29) is 24.6 Å². The Bertz CT molecular complexity index is 393. The average Bonchev–Trinajstić information content (AvgIpc) is 3.00. The van der Waals surface area contributed by atoms with Crippen molar-refractivity contribution in [3.8, 4) is 6.07 Å². The first-order valence-electron chi connectivity index (χ1n) is 8.25. The van der Waals surface area contributed by atoms with Crippen molar-refractivity contribution in [2.75, 3.05) is 19.8 Å². The smallest absolute Gasteiger partial charge is 0.128 e. The summed E-state index contributed by atoms with van der Waals surface area (Å²) < 4.78 is 0. The van der Waals surface area contributed by atoms with Gasteiger partial charge in [0.15, 0.2) is 0 Å². The van der Waals surface area contributed by atoms with E-state index in [0.29, 0.717) is 18.6 Å². The molecular weight excluding hydrogens is 282 g/mol. The van der Waals surface area contributed by atoms with E-state index < -0.39 is 0 Å². The molecule has 3 rings (SSSR count). The minimum Gasteiger partial charge on any atom is -0.312 e. The molecule has 6 N–H and O–H groups in total. The Morgan fingerprint density at radius 2 is 2.18 bits per heavy atom. The molecule has 3 aliphatic rings. The minimum atomic E-state index is -0.0519. The van der Waals surface area contributed by atoms with E-state index in [9.17, 15) is 0 Å². The van der Waals surface area contributed by atoms with Gasteiger partial charge in [0, 0.05) is 38.1 Å². The Balaban J connectivity index is 1.35. The van der Waals surface area contributed by atoms with Crippen LogP contribution in [0.5, 0.6) is 0 Å². The van der Waals surface area contributed by atoms with Gasteiger partial charge in [-0.05, 0) is 19.8 Å². The minimum absolute atomic E-state index is 0.0519. The van der Waals surface area contributed by atoms with Gasteiger partial charge < -0.3 is 10.6 Å². The van der Waals surface area contributed by atoms with Crippen LogP contribution >= 0.6 is 0 Å². The number of nitriles is 1. The second kappa shape index (κ2) is 7.66. The van der Waals surface area contributed by atoms with Gasteiger partial charge in [-0.1, -0.05) is 0 Å². The Morgan fingerprint density at radius 1 is 1.27 bits per heavy atom. The van der Waals surface area contributed by atoms with E-state index in [2.05, 4.69) is 38.1 Å². The molecular formula is C14H27N7O. The lowest BCUT2D eigenvalue weighted by atomic mass is 9.92. The van der Waals surface area contributed by atoms with Gasteiger partial charge in [0.05, 0.1) is 24.4 Å². The van der Waals surface area contributed by atoms with Gasteiger partial charge in [-0.25, -0.2) is 0 Å². The summed E-state index contributed by atoms with van der Waals surface area (Å²) in [7, 11) is 0. The lowest BCUT2D eigenvalue weighted by Gasteiger charge is -2.35. The summed E-state index contributed by atoms with van der Waals surface area (Å²) in [5, 5.41) is 26.0. The zero-order valence-corrected chi connectivity index (χ0v) is 13.1. The van der Waals surface area contributed by atoms with Crippen LogP contribution in [0, 0.1) is 17.2 Å². The van der Waals surface area contributed by atoms with E-state index in [1.165, 1.54) is 6.42 Å². The first-order chi connectivity index (χ1) is 10.7. The van der Waals surface area contributed by atoms with E-state index in [4.69, 9.17) is 10.1 Å². The first kappa shape index (κ1) is 16.1. The van der Waals surface area contributed by atoms with Gasteiger partial charge in [-0.15, -0.1) is 0 Å². The number of hydroxylamine groups is 1. The van der Waals surface area contributed by atoms with E-state index in [1.807, 2.05) is 6.92 Å². The van der Waals surface area contributed by atoms with Crippen LogP contribution in [0.1, 0.15) is 26.2 Å². The Morgan fingerprint density at radius 3 is 2.86 bits per heavy atom. The molecule has 0 aromatic heterocycles. The summed E-state index contributed by atoms with van der Waals surface area (Å²) in [5.41, 5.74) is 3.07. The summed E-state index contributed by atoms with van der Waals surface area (Å²) in [6, 6.07) is 2.72. The second-order valence-corrected chi connectivity index (χ2v) is 6.43. The second-order valence-electron chi connectivity index (χ2n) is 6.43. The fourth-order valence-corrected chi connectivity index (χ4v) is 3.37.